The molecule has 0 aliphatic carbocycles. The lowest BCUT2D eigenvalue weighted by atomic mass is 12.0. The Morgan fingerprint density at radius 3 is 2.33 bits per heavy atom. The lowest BCUT2D eigenvalue weighted by Crippen LogP contribution is -1.80. The lowest BCUT2D eigenvalue weighted by Gasteiger charge is -1.84. The topological polar surface area (TPSA) is 26.3 Å². The Kier molecular flexibility index (Phi) is 3.92. The molecule has 0 saturated heterocycles. The average Bonchev–Trinajstić information content (AvgIpc) is 1.35. The quantitative estimate of drug-likeness (QED) is 0.506. The predicted molar refractivity (Wildman–Crippen MR) is 28.7 cm³/mol. The monoisotopic (exact) mass is 126 g/mol. The molecule has 0 rings (SSSR count). The molecule has 0 aliphatic rings. The third-order valence-electron chi connectivity index (χ3n) is 0.164. The smallest absolute Gasteiger partial charge is 0.163 e. The molecule has 1 unspecified atom stereocenters. The maximum atomic E-state index is 9.91. The van der Waals surface area contributed by atoms with Crippen molar-refractivity contribution in [3.63, 3.8) is 0 Å². The van der Waals surface area contributed by atoms with Crippen molar-refractivity contribution >= 4 is 23.1 Å². The van der Waals surface area contributed by atoms with Gasteiger partial charge in [-0.1, -0.05) is 0 Å². The van der Waals surface area contributed by atoms with Crippen molar-refractivity contribution in [2.45, 2.75) is 0 Å². The standard InChI is InChI=1S/C2H6O2S2/c1-5-4-6(2)3/h1-2H3. The van der Waals surface area contributed by atoms with Gasteiger partial charge in [-0.2, -0.15) is 0 Å². The average molecular weight is 126 g/mol. The fraction of sp³-hybridized carbons (Fsp3) is 1.00. The van der Waals surface area contributed by atoms with Gasteiger partial charge >= 0.3 is 0 Å². The summed E-state index contributed by atoms with van der Waals surface area (Å²) in [5.41, 5.74) is 0. The summed E-state index contributed by atoms with van der Waals surface area (Å²) in [7, 11) is 0. The molecule has 0 heterocycles. The lowest BCUT2D eigenvalue weighted by molar-refractivity contribution is 0.617. The SMILES string of the molecule is CSOS(C)=O. The minimum absolute atomic E-state index is 1.10. The van der Waals surface area contributed by atoms with Crippen molar-refractivity contribution in [1.82, 2.24) is 0 Å². The number of hydrogen-bond acceptors (Lipinski definition) is 3. The Morgan fingerprint density at radius 2 is 2.33 bits per heavy atom. The van der Waals surface area contributed by atoms with E-state index in [-0.39, 0.29) is 0 Å². The minimum atomic E-state index is -1.10. The van der Waals surface area contributed by atoms with Crippen LogP contribution in [0, 0.1) is 0 Å². The molecule has 0 aromatic carbocycles. The molecular weight excluding hydrogens is 120 g/mol. The summed E-state index contributed by atoms with van der Waals surface area (Å²) in [6.45, 7) is 0. The summed E-state index contributed by atoms with van der Waals surface area (Å²) in [4.78, 5) is 0. The molecule has 0 aliphatic heterocycles. The van der Waals surface area contributed by atoms with Gasteiger partial charge in [-0.15, -0.1) is 0 Å². The van der Waals surface area contributed by atoms with Gasteiger partial charge in [0.25, 0.3) is 0 Å². The van der Waals surface area contributed by atoms with Gasteiger partial charge in [0, 0.05) is 24.6 Å². The van der Waals surface area contributed by atoms with E-state index in [1.165, 1.54) is 6.26 Å². The zero-order valence-corrected chi connectivity index (χ0v) is 5.27. The van der Waals surface area contributed by atoms with Crippen molar-refractivity contribution < 1.29 is 7.84 Å². The third-order valence-corrected chi connectivity index (χ3v) is 1.47. The second-order valence-corrected chi connectivity index (χ2v) is 2.32. The van der Waals surface area contributed by atoms with Crippen LogP contribution in [0.15, 0.2) is 0 Å². The first-order valence-corrected chi connectivity index (χ1v) is 3.95. The van der Waals surface area contributed by atoms with Crippen molar-refractivity contribution in [2.24, 2.45) is 0 Å². The highest BCUT2D eigenvalue weighted by atomic mass is 32.3. The fourth-order valence-electron chi connectivity index (χ4n) is 0.0958. The van der Waals surface area contributed by atoms with E-state index in [2.05, 4.69) is 3.63 Å². The largest absolute Gasteiger partial charge is 0.229 e. The molecule has 0 radical (unpaired) electrons. The van der Waals surface area contributed by atoms with Crippen molar-refractivity contribution in [3.8, 4) is 0 Å². The van der Waals surface area contributed by atoms with E-state index in [1.807, 2.05) is 0 Å². The van der Waals surface area contributed by atoms with E-state index in [1.54, 1.807) is 6.26 Å². The molecule has 0 fully saturated rings. The van der Waals surface area contributed by atoms with Gasteiger partial charge in [0.2, 0.25) is 0 Å². The molecule has 0 amide bonds. The molecule has 38 valence electrons. The molecule has 0 aromatic heterocycles. The first-order valence-electron chi connectivity index (χ1n) is 1.32. The maximum Gasteiger partial charge on any atom is 0.163 e. The second kappa shape index (κ2) is 3.64. The van der Waals surface area contributed by atoms with Crippen LogP contribution in [0.1, 0.15) is 0 Å². The molecule has 1 atom stereocenters. The van der Waals surface area contributed by atoms with E-state index in [0.717, 1.165) is 12.0 Å². The van der Waals surface area contributed by atoms with Crippen LogP contribution in [-0.4, -0.2) is 16.7 Å². The van der Waals surface area contributed by atoms with Gasteiger partial charge in [-0.05, 0) is 0 Å². The minimum Gasteiger partial charge on any atom is -0.229 e. The summed E-state index contributed by atoms with van der Waals surface area (Å²) >= 11 is 0.00694. The fourth-order valence-corrected chi connectivity index (χ4v) is 0.862. The van der Waals surface area contributed by atoms with Crippen molar-refractivity contribution in [2.75, 3.05) is 12.5 Å². The highest BCUT2D eigenvalue weighted by Crippen LogP contribution is 1.94. The van der Waals surface area contributed by atoms with Crippen LogP contribution in [0.3, 0.4) is 0 Å². The normalized spacial score (nSPS) is 14.3. The van der Waals surface area contributed by atoms with Crippen LogP contribution in [0.25, 0.3) is 0 Å². The van der Waals surface area contributed by atoms with E-state index in [0.29, 0.717) is 0 Å². The first-order chi connectivity index (χ1) is 2.77. The molecule has 6 heavy (non-hydrogen) atoms. The van der Waals surface area contributed by atoms with Gasteiger partial charge in [0.05, 0.1) is 0 Å². The maximum absolute atomic E-state index is 9.91. The third kappa shape index (κ3) is 4.46. The summed E-state index contributed by atoms with van der Waals surface area (Å²) in [5, 5.41) is 0. The molecule has 2 nitrogen and oxygen atoms in total. The van der Waals surface area contributed by atoms with Gasteiger partial charge in [0.15, 0.2) is 11.1 Å². The van der Waals surface area contributed by atoms with E-state index >= 15 is 0 Å². The molecular formula is C2H6O2S2. The number of hydrogen-bond donors (Lipinski definition) is 0. The first kappa shape index (κ1) is 6.46. The van der Waals surface area contributed by atoms with Gasteiger partial charge in [0.1, 0.15) is 0 Å². The summed E-state index contributed by atoms with van der Waals surface area (Å²) in [5.74, 6) is 0. The summed E-state index contributed by atoms with van der Waals surface area (Å²) in [6.07, 6.45) is 3.21. The highest BCUT2D eigenvalue weighted by molar-refractivity contribution is 8.01. The van der Waals surface area contributed by atoms with E-state index in [4.69, 9.17) is 0 Å². The molecule has 0 N–H and O–H groups in total. The molecule has 0 aromatic rings. The Balaban J connectivity index is 2.83. The van der Waals surface area contributed by atoms with Crippen molar-refractivity contribution in [3.05, 3.63) is 0 Å². The van der Waals surface area contributed by atoms with Crippen molar-refractivity contribution in [1.29, 1.82) is 0 Å². The van der Waals surface area contributed by atoms with Crippen LogP contribution in [0.2, 0.25) is 0 Å². The van der Waals surface area contributed by atoms with Crippen LogP contribution in [-0.2, 0) is 14.7 Å². The van der Waals surface area contributed by atoms with Gasteiger partial charge in [-0.3, -0.25) is 0 Å². The zero-order chi connectivity index (χ0) is 4.99. The Bertz CT molecular complexity index is 53.5. The van der Waals surface area contributed by atoms with Crippen LogP contribution in [0.4, 0.5) is 0 Å². The van der Waals surface area contributed by atoms with Gasteiger partial charge < -0.3 is 0 Å². The Hall–Kier alpha value is 0.460. The van der Waals surface area contributed by atoms with Gasteiger partial charge in [-0.25, -0.2) is 7.84 Å². The number of rotatable bonds is 2. The molecule has 4 heteroatoms. The van der Waals surface area contributed by atoms with Crippen LogP contribution < -0.4 is 0 Å². The summed E-state index contributed by atoms with van der Waals surface area (Å²) < 4.78 is 14.3. The summed E-state index contributed by atoms with van der Waals surface area (Å²) in [6, 6.07) is 0. The highest BCUT2D eigenvalue weighted by Gasteiger charge is 1.80. The molecule has 0 saturated carbocycles. The second-order valence-electron chi connectivity index (χ2n) is 0.636. The Morgan fingerprint density at radius 1 is 1.83 bits per heavy atom. The Labute approximate surface area is 44.1 Å². The molecule has 0 bridgehead atoms. The zero-order valence-electron chi connectivity index (χ0n) is 3.63. The van der Waals surface area contributed by atoms with E-state index < -0.39 is 11.1 Å². The predicted octanol–water partition coefficient (Wildman–Crippen LogP) is 0.575. The van der Waals surface area contributed by atoms with E-state index in [9.17, 15) is 4.21 Å². The molecule has 0 spiro atoms. The van der Waals surface area contributed by atoms with Crippen LogP contribution >= 0.6 is 12.0 Å². The van der Waals surface area contributed by atoms with Crippen LogP contribution in [0.5, 0.6) is 0 Å².